The third-order valence-electron chi connectivity index (χ3n) is 7.23. The molecule has 3 N–H and O–H groups in total. The Balaban J connectivity index is 1.50. The minimum Gasteiger partial charge on any atom is -0.334 e. The molecule has 0 aliphatic carbocycles. The van der Waals surface area contributed by atoms with Gasteiger partial charge in [0.05, 0.1) is 25.0 Å². The molecule has 1 aliphatic rings. The molecule has 3 aromatic carbocycles. The SMILES string of the molecule is CC(C)C[C@@H](C(=O)NC1CNC(=O)N1Cc1ccccc1)[C@H](CC=Cc1ccccc1)C(=O)NOCc1ccccc1. The highest BCUT2D eigenvalue weighted by atomic mass is 16.6. The Labute approximate surface area is 248 Å². The quantitative estimate of drug-likeness (QED) is 0.230. The van der Waals surface area contributed by atoms with E-state index in [2.05, 4.69) is 16.1 Å². The second-order valence-electron chi connectivity index (χ2n) is 11.0. The zero-order valence-corrected chi connectivity index (χ0v) is 24.2. The first-order chi connectivity index (χ1) is 20.4. The Morgan fingerprint density at radius 1 is 0.905 bits per heavy atom. The van der Waals surface area contributed by atoms with E-state index in [9.17, 15) is 14.4 Å². The van der Waals surface area contributed by atoms with E-state index < -0.39 is 18.0 Å². The molecule has 4 rings (SSSR count). The molecule has 0 bridgehead atoms. The number of hydrogen-bond acceptors (Lipinski definition) is 4. The molecule has 0 saturated carbocycles. The number of benzene rings is 3. The lowest BCUT2D eigenvalue weighted by molar-refractivity contribution is -0.145. The molecule has 0 aromatic heterocycles. The van der Waals surface area contributed by atoms with Crippen molar-refractivity contribution >= 4 is 23.9 Å². The van der Waals surface area contributed by atoms with Gasteiger partial charge in [-0.1, -0.05) is 117 Å². The molecule has 3 atom stereocenters. The fraction of sp³-hybridized carbons (Fsp3) is 0.324. The molecule has 1 unspecified atom stereocenters. The van der Waals surface area contributed by atoms with Gasteiger partial charge < -0.3 is 10.6 Å². The summed E-state index contributed by atoms with van der Waals surface area (Å²) in [5, 5.41) is 5.90. The van der Waals surface area contributed by atoms with Crippen molar-refractivity contribution in [2.45, 2.75) is 46.0 Å². The van der Waals surface area contributed by atoms with Gasteiger partial charge >= 0.3 is 6.03 Å². The van der Waals surface area contributed by atoms with Crippen LogP contribution in [0.15, 0.2) is 97.1 Å². The molecule has 1 aliphatic heterocycles. The van der Waals surface area contributed by atoms with Gasteiger partial charge in [0.2, 0.25) is 11.8 Å². The van der Waals surface area contributed by atoms with Crippen LogP contribution in [0, 0.1) is 17.8 Å². The van der Waals surface area contributed by atoms with Gasteiger partial charge in [-0.15, -0.1) is 0 Å². The lowest BCUT2D eigenvalue weighted by atomic mass is 9.82. The summed E-state index contributed by atoms with van der Waals surface area (Å²) >= 11 is 0. The highest BCUT2D eigenvalue weighted by Crippen LogP contribution is 2.26. The van der Waals surface area contributed by atoms with Crippen molar-refractivity contribution in [1.82, 2.24) is 21.0 Å². The number of hydroxylamine groups is 1. The lowest BCUT2D eigenvalue weighted by Crippen LogP contribution is -2.51. The number of amides is 4. The number of carbonyl (C=O) groups excluding carboxylic acids is 3. The van der Waals surface area contributed by atoms with Gasteiger partial charge in [0.25, 0.3) is 0 Å². The van der Waals surface area contributed by atoms with Crippen LogP contribution in [0.5, 0.6) is 0 Å². The van der Waals surface area contributed by atoms with Crippen LogP contribution < -0.4 is 16.1 Å². The van der Waals surface area contributed by atoms with E-state index in [0.29, 0.717) is 19.4 Å². The molecule has 0 radical (unpaired) electrons. The third kappa shape index (κ3) is 9.04. The van der Waals surface area contributed by atoms with Crippen molar-refractivity contribution < 1.29 is 19.2 Å². The minimum atomic E-state index is -0.684. The van der Waals surface area contributed by atoms with Crippen LogP contribution in [0.25, 0.3) is 6.08 Å². The van der Waals surface area contributed by atoms with Crippen LogP contribution in [-0.2, 0) is 27.6 Å². The highest BCUT2D eigenvalue weighted by molar-refractivity contribution is 5.88. The van der Waals surface area contributed by atoms with E-state index >= 15 is 0 Å². The summed E-state index contributed by atoms with van der Waals surface area (Å²) in [4.78, 5) is 47.3. The van der Waals surface area contributed by atoms with Crippen molar-refractivity contribution in [2.75, 3.05) is 6.54 Å². The van der Waals surface area contributed by atoms with E-state index in [0.717, 1.165) is 16.7 Å². The zero-order chi connectivity index (χ0) is 29.7. The standard InChI is InChI=1S/C34H40N4O4/c1-25(2)21-30(32(39)36-31-22-35-34(41)38(31)23-27-15-8-4-9-16-27)29(20-12-19-26-13-6-3-7-14-26)33(40)37-42-24-28-17-10-5-11-18-28/h3-19,25,29-31H,20-24H2,1-2H3,(H,35,41)(H,36,39)(H,37,40)/t29-,30+,31?/m0/s1. The van der Waals surface area contributed by atoms with E-state index in [1.807, 2.05) is 117 Å². The summed E-state index contributed by atoms with van der Waals surface area (Å²) < 4.78 is 0. The number of nitrogens with zero attached hydrogens (tertiary/aromatic N) is 1. The average Bonchev–Trinajstić information content (AvgIpc) is 3.33. The number of rotatable bonds is 14. The molecule has 1 heterocycles. The number of nitrogens with one attached hydrogen (secondary N) is 3. The van der Waals surface area contributed by atoms with Gasteiger partial charge in [0.15, 0.2) is 0 Å². The van der Waals surface area contributed by atoms with Crippen molar-refractivity contribution in [1.29, 1.82) is 0 Å². The Hall–Kier alpha value is -4.43. The van der Waals surface area contributed by atoms with E-state index in [1.165, 1.54) is 0 Å². The summed E-state index contributed by atoms with van der Waals surface area (Å²) in [6.07, 6.45) is 4.19. The van der Waals surface area contributed by atoms with Gasteiger partial charge in [-0.25, -0.2) is 10.3 Å². The molecule has 220 valence electrons. The molecule has 1 fully saturated rings. The Morgan fingerprint density at radius 3 is 2.17 bits per heavy atom. The van der Waals surface area contributed by atoms with Crippen molar-refractivity contribution in [3.05, 3.63) is 114 Å². The topological polar surface area (TPSA) is 99.8 Å². The molecule has 4 amide bonds. The molecule has 8 heteroatoms. The van der Waals surface area contributed by atoms with Gasteiger partial charge in [-0.2, -0.15) is 0 Å². The molecule has 3 aromatic rings. The van der Waals surface area contributed by atoms with Gasteiger partial charge in [0.1, 0.15) is 6.17 Å². The van der Waals surface area contributed by atoms with Crippen LogP contribution >= 0.6 is 0 Å². The second-order valence-corrected chi connectivity index (χ2v) is 11.0. The van der Waals surface area contributed by atoms with Gasteiger partial charge in [0, 0.05) is 6.54 Å². The first-order valence-corrected chi connectivity index (χ1v) is 14.5. The van der Waals surface area contributed by atoms with Crippen LogP contribution in [0.2, 0.25) is 0 Å². The normalized spacial score (nSPS) is 16.3. The second kappa shape index (κ2) is 15.5. The first-order valence-electron chi connectivity index (χ1n) is 14.5. The fourth-order valence-corrected chi connectivity index (χ4v) is 5.07. The van der Waals surface area contributed by atoms with E-state index in [4.69, 9.17) is 4.84 Å². The minimum absolute atomic E-state index is 0.156. The predicted molar refractivity (Wildman–Crippen MR) is 163 cm³/mol. The van der Waals surface area contributed by atoms with Gasteiger partial charge in [-0.3, -0.25) is 19.3 Å². The van der Waals surface area contributed by atoms with Crippen LogP contribution in [0.3, 0.4) is 0 Å². The number of allylic oxidation sites excluding steroid dienone is 1. The van der Waals surface area contributed by atoms with E-state index in [1.54, 1.807) is 4.90 Å². The average molecular weight is 569 g/mol. The first kappa shape index (κ1) is 30.5. The summed E-state index contributed by atoms with van der Waals surface area (Å²) in [5.41, 5.74) is 5.50. The van der Waals surface area contributed by atoms with Crippen LogP contribution in [-0.4, -0.2) is 35.5 Å². The van der Waals surface area contributed by atoms with E-state index in [-0.39, 0.29) is 36.9 Å². The summed E-state index contributed by atoms with van der Waals surface area (Å²) in [7, 11) is 0. The van der Waals surface area contributed by atoms with Crippen molar-refractivity contribution in [2.24, 2.45) is 17.8 Å². The third-order valence-corrected chi connectivity index (χ3v) is 7.23. The summed E-state index contributed by atoms with van der Waals surface area (Å²) in [6.45, 7) is 4.93. The maximum absolute atomic E-state index is 13.9. The highest BCUT2D eigenvalue weighted by Gasteiger charge is 2.38. The largest absolute Gasteiger partial charge is 0.334 e. The van der Waals surface area contributed by atoms with Crippen LogP contribution in [0.1, 0.15) is 43.4 Å². The Kier molecular flexibility index (Phi) is 11.3. The Morgan fingerprint density at radius 2 is 1.52 bits per heavy atom. The summed E-state index contributed by atoms with van der Waals surface area (Å²) in [5.74, 6) is -1.79. The molecular formula is C34H40N4O4. The van der Waals surface area contributed by atoms with Crippen molar-refractivity contribution in [3.8, 4) is 0 Å². The summed E-state index contributed by atoms with van der Waals surface area (Å²) in [6, 6.07) is 28.8. The van der Waals surface area contributed by atoms with Crippen LogP contribution in [0.4, 0.5) is 4.79 Å². The number of hydrogen-bond donors (Lipinski definition) is 3. The zero-order valence-electron chi connectivity index (χ0n) is 24.2. The predicted octanol–water partition coefficient (Wildman–Crippen LogP) is 5.28. The fourth-order valence-electron chi connectivity index (χ4n) is 5.07. The molecule has 42 heavy (non-hydrogen) atoms. The lowest BCUT2D eigenvalue weighted by Gasteiger charge is -2.30. The smallest absolute Gasteiger partial charge is 0.319 e. The molecule has 8 nitrogen and oxygen atoms in total. The maximum Gasteiger partial charge on any atom is 0.319 e. The van der Waals surface area contributed by atoms with Gasteiger partial charge in [-0.05, 0) is 35.4 Å². The molecular weight excluding hydrogens is 528 g/mol. The molecule has 1 saturated heterocycles. The molecule has 0 spiro atoms. The van der Waals surface area contributed by atoms with Crippen molar-refractivity contribution in [3.63, 3.8) is 0 Å². The Bertz CT molecular complexity index is 1320. The number of urea groups is 1. The monoisotopic (exact) mass is 568 g/mol. The maximum atomic E-state index is 13.9. The number of carbonyl (C=O) groups is 3.